The second-order valence-corrected chi connectivity index (χ2v) is 2.39. The Bertz CT molecular complexity index is 228. The van der Waals surface area contributed by atoms with E-state index in [0.717, 1.165) is 5.69 Å². The Labute approximate surface area is 61.6 Å². The van der Waals surface area contributed by atoms with Crippen molar-refractivity contribution < 1.29 is 21.7 Å². The van der Waals surface area contributed by atoms with Crippen LogP contribution in [0.5, 0.6) is 0 Å². The van der Waals surface area contributed by atoms with Gasteiger partial charge in [-0.25, -0.2) is 0 Å². The molecule has 1 aromatic carbocycles. The van der Waals surface area contributed by atoms with Crippen molar-refractivity contribution in [1.29, 1.82) is 0 Å². The fourth-order valence-electron chi connectivity index (χ4n) is 0.508. The molecule has 0 aromatic heterocycles. The minimum atomic E-state index is -1.20. The molecule has 0 fully saturated rings. The van der Waals surface area contributed by atoms with Gasteiger partial charge in [-0.1, -0.05) is 0 Å². The van der Waals surface area contributed by atoms with Gasteiger partial charge in [0, 0.05) is 0 Å². The summed E-state index contributed by atoms with van der Waals surface area (Å²) < 4.78 is 13.8. The van der Waals surface area contributed by atoms with Crippen LogP contribution in [-0.2, 0) is 21.7 Å². The van der Waals surface area contributed by atoms with E-state index >= 15 is 0 Å². The molecule has 0 N–H and O–H groups in total. The summed E-state index contributed by atoms with van der Waals surface area (Å²) in [5, 5.41) is 0. The summed E-state index contributed by atoms with van der Waals surface area (Å²) in [5.74, 6) is 0. The second-order valence-electron chi connectivity index (χ2n) is 1.46. The van der Waals surface area contributed by atoms with Crippen LogP contribution in [0.2, 0.25) is 0 Å². The predicted molar refractivity (Wildman–Crippen MR) is 29.2 cm³/mol. The van der Waals surface area contributed by atoms with Crippen LogP contribution in [-0.4, -0.2) is 0 Å². The van der Waals surface area contributed by atoms with Gasteiger partial charge in [0.15, 0.2) is 0 Å². The van der Waals surface area contributed by atoms with Crippen LogP contribution in [0, 0.1) is 0 Å². The van der Waals surface area contributed by atoms with Crippen molar-refractivity contribution in [3.8, 4) is 0 Å². The monoisotopic (exact) mass is 302 g/mol. The van der Waals surface area contributed by atoms with Gasteiger partial charge in [0.2, 0.25) is 0 Å². The van der Waals surface area contributed by atoms with Gasteiger partial charge in [0.25, 0.3) is 0 Å². The van der Waals surface area contributed by atoms with Crippen molar-refractivity contribution in [2.75, 3.05) is 0 Å². The quantitative estimate of drug-likeness (QED) is 0.779. The molecule has 0 aliphatic carbocycles. The number of hydrogen-bond donors (Lipinski definition) is 0. The van der Waals surface area contributed by atoms with Crippen molar-refractivity contribution in [2.45, 2.75) is 0 Å². The zero-order valence-electron chi connectivity index (χ0n) is 4.56. The summed E-state index contributed by atoms with van der Waals surface area (Å²) in [6.07, 6.45) is 0. The van der Waals surface area contributed by atoms with Crippen LogP contribution >= 0.6 is 0 Å². The van der Waals surface area contributed by atoms with Crippen molar-refractivity contribution >= 4 is 5.69 Å². The standard InChI is InChI=1S/C6H5N.O.Pt/c7-6-4-2-1-3-5-6;;/h1-5H;;. The van der Waals surface area contributed by atoms with Crippen LogP contribution < -0.4 is 0 Å². The molecule has 1 rings (SSSR count). The van der Waals surface area contributed by atoms with Crippen LogP contribution in [0.15, 0.2) is 33.8 Å². The molecule has 0 saturated heterocycles. The average molecular weight is 302 g/mol. The third kappa shape index (κ3) is 2.06. The topological polar surface area (TPSA) is 29.4 Å². The van der Waals surface area contributed by atoms with E-state index in [1.165, 1.54) is 0 Å². The Morgan fingerprint density at radius 2 is 1.89 bits per heavy atom. The minimum absolute atomic E-state index is 0.806. The fourth-order valence-corrected chi connectivity index (χ4v) is 1.09. The molecular weight excluding hydrogens is 297 g/mol. The molecule has 0 saturated carbocycles. The molecule has 0 aliphatic heterocycles. The summed E-state index contributed by atoms with van der Waals surface area (Å²) in [5.41, 5.74) is 0.806. The Morgan fingerprint density at radius 3 is 2.44 bits per heavy atom. The van der Waals surface area contributed by atoms with Gasteiger partial charge < -0.3 is 0 Å². The van der Waals surface area contributed by atoms with Gasteiger partial charge in [0.05, 0.1) is 0 Å². The number of nitrogens with zero attached hydrogens (tertiary/aromatic N) is 1. The third-order valence-corrected chi connectivity index (χ3v) is 1.66. The van der Waals surface area contributed by atoms with E-state index in [2.05, 4.69) is 3.50 Å². The molecule has 2 nitrogen and oxygen atoms in total. The average Bonchev–Trinajstić information content (AvgIpc) is 1.91. The summed E-state index contributed by atoms with van der Waals surface area (Å²) in [4.78, 5) is 0. The van der Waals surface area contributed by atoms with E-state index in [0.29, 0.717) is 0 Å². The predicted octanol–water partition coefficient (Wildman–Crippen LogP) is 1.93. The first-order chi connectivity index (χ1) is 4.43. The Balaban J connectivity index is 2.97. The molecule has 0 amide bonds. The fraction of sp³-hybridized carbons (Fsp3) is 0. The molecule has 0 heterocycles. The first-order valence-electron chi connectivity index (χ1n) is 2.40. The summed E-state index contributed by atoms with van der Waals surface area (Å²) in [7, 11) is 0. The normalized spacial score (nSPS) is 9.33. The molecule has 3 heteroatoms. The molecule has 0 bridgehead atoms. The van der Waals surface area contributed by atoms with Gasteiger partial charge in [-0.2, -0.15) is 0 Å². The van der Waals surface area contributed by atoms with Crippen LogP contribution in [0.1, 0.15) is 0 Å². The molecule has 50 valence electrons. The Kier molecular flexibility index (Phi) is 2.59. The van der Waals surface area contributed by atoms with Gasteiger partial charge in [0.1, 0.15) is 0 Å². The molecule has 0 spiro atoms. The Hall–Kier alpha value is -0.492. The van der Waals surface area contributed by atoms with Crippen LogP contribution in [0.25, 0.3) is 0 Å². The third-order valence-electron chi connectivity index (χ3n) is 0.867. The summed E-state index contributed by atoms with van der Waals surface area (Å²) in [6.45, 7) is 0. The maximum absolute atomic E-state index is 10.0. The molecule has 0 aliphatic rings. The van der Waals surface area contributed by atoms with E-state index in [4.69, 9.17) is 0 Å². The zero-order valence-corrected chi connectivity index (χ0v) is 6.83. The first kappa shape index (κ1) is 6.63. The molecule has 0 atom stereocenters. The zero-order chi connectivity index (χ0) is 6.53. The SMILES string of the molecule is [O]=[Pt]=[N]c1ccccc1. The van der Waals surface area contributed by atoms with Gasteiger partial charge in [-0.3, -0.25) is 0 Å². The van der Waals surface area contributed by atoms with Crippen molar-refractivity contribution in [1.82, 2.24) is 0 Å². The number of benzene rings is 1. The van der Waals surface area contributed by atoms with E-state index in [1.54, 1.807) is 0 Å². The molecule has 0 radical (unpaired) electrons. The summed E-state index contributed by atoms with van der Waals surface area (Å²) in [6, 6.07) is 9.31. The maximum atomic E-state index is 10.0. The van der Waals surface area contributed by atoms with E-state index in [1.807, 2.05) is 30.3 Å². The van der Waals surface area contributed by atoms with E-state index < -0.39 is 18.3 Å². The molecule has 9 heavy (non-hydrogen) atoms. The van der Waals surface area contributed by atoms with E-state index in [9.17, 15) is 3.40 Å². The van der Waals surface area contributed by atoms with Gasteiger partial charge in [-0.15, -0.1) is 0 Å². The van der Waals surface area contributed by atoms with Crippen LogP contribution in [0.3, 0.4) is 0 Å². The summed E-state index contributed by atoms with van der Waals surface area (Å²) >= 11 is -1.20. The van der Waals surface area contributed by atoms with Crippen molar-refractivity contribution in [3.63, 3.8) is 0 Å². The molecule has 0 unspecified atom stereocenters. The number of hydrogen-bond acceptors (Lipinski definition) is 2. The second kappa shape index (κ2) is 3.52. The number of rotatable bonds is 1. The van der Waals surface area contributed by atoms with Gasteiger partial charge in [-0.05, 0) is 0 Å². The first-order valence-corrected chi connectivity index (χ1v) is 4.35. The van der Waals surface area contributed by atoms with Crippen molar-refractivity contribution in [2.24, 2.45) is 3.50 Å². The van der Waals surface area contributed by atoms with Gasteiger partial charge >= 0.3 is 61.3 Å². The Morgan fingerprint density at radius 1 is 1.22 bits per heavy atom. The van der Waals surface area contributed by atoms with Crippen molar-refractivity contribution in [3.05, 3.63) is 30.3 Å². The molecule has 1 aromatic rings. The molecular formula is C6H5NOPt. The van der Waals surface area contributed by atoms with E-state index in [-0.39, 0.29) is 0 Å². The van der Waals surface area contributed by atoms with Crippen LogP contribution in [0.4, 0.5) is 5.69 Å².